The van der Waals surface area contributed by atoms with Gasteiger partial charge < -0.3 is 14.6 Å². The van der Waals surface area contributed by atoms with Gasteiger partial charge in [0, 0.05) is 24.8 Å². The second-order valence-electron chi connectivity index (χ2n) is 8.39. The van der Waals surface area contributed by atoms with Crippen LogP contribution in [0.2, 0.25) is 0 Å². The summed E-state index contributed by atoms with van der Waals surface area (Å²) in [5.41, 5.74) is 1.38. The summed E-state index contributed by atoms with van der Waals surface area (Å²) in [5, 5.41) is 2.61. The Hall–Kier alpha value is -2.17. The number of likely N-dealkylation sites (N-methyl/N-ethyl adjacent to an activating group) is 1. The number of carbonyl (C=O) groups is 1. The Kier molecular flexibility index (Phi) is 6.99. The molecule has 0 unspecified atom stereocenters. The van der Waals surface area contributed by atoms with Crippen molar-refractivity contribution in [1.29, 1.82) is 0 Å². The van der Waals surface area contributed by atoms with Crippen LogP contribution in [0.25, 0.3) is 11.1 Å². The van der Waals surface area contributed by atoms with Crippen LogP contribution < -0.4 is 15.8 Å². The van der Waals surface area contributed by atoms with E-state index in [1.54, 1.807) is 18.2 Å². The number of nitrogens with one attached hydrogen (secondary N) is 2. The molecule has 1 fully saturated rings. The molecule has 2 N–H and O–H groups in total. The van der Waals surface area contributed by atoms with Crippen LogP contribution in [0.15, 0.2) is 27.4 Å². The fourth-order valence-corrected chi connectivity index (χ4v) is 4.94. The summed E-state index contributed by atoms with van der Waals surface area (Å²) < 4.78 is 34.1. The molecule has 0 bridgehead atoms. The van der Waals surface area contributed by atoms with Crippen LogP contribution >= 0.6 is 0 Å². The van der Waals surface area contributed by atoms with E-state index in [2.05, 4.69) is 17.0 Å². The lowest BCUT2D eigenvalue weighted by atomic mass is 9.88. The van der Waals surface area contributed by atoms with Gasteiger partial charge >= 0.3 is 5.76 Å². The Labute approximate surface area is 176 Å². The topological polar surface area (TPSA) is 114 Å². The summed E-state index contributed by atoms with van der Waals surface area (Å²) in [7, 11) is 0.0842. The Morgan fingerprint density at radius 2 is 1.93 bits per heavy atom. The summed E-state index contributed by atoms with van der Waals surface area (Å²) in [6.45, 7) is 3.25. The maximum Gasteiger partial charge on any atom is 0.419 e. The van der Waals surface area contributed by atoms with Crippen LogP contribution in [-0.2, 0) is 21.4 Å². The van der Waals surface area contributed by atoms with Gasteiger partial charge in [-0.05, 0) is 63.9 Å². The first-order chi connectivity index (χ1) is 14.1. The zero-order chi connectivity index (χ0) is 21.9. The van der Waals surface area contributed by atoms with Crippen LogP contribution in [0.4, 0.5) is 5.69 Å². The van der Waals surface area contributed by atoms with Crippen molar-refractivity contribution in [3.63, 3.8) is 0 Å². The maximum atomic E-state index is 12.4. The second kappa shape index (κ2) is 9.32. The molecular formula is C20H30N4O5S. The van der Waals surface area contributed by atoms with E-state index in [4.69, 9.17) is 4.42 Å². The average molecular weight is 439 g/mol. The summed E-state index contributed by atoms with van der Waals surface area (Å²) >= 11 is 0. The van der Waals surface area contributed by atoms with E-state index in [9.17, 15) is 18.0 Å². The standard InChI is InChI=1S/C20H30N4O5S/c1-14-4-6-15(7-5-14)22-30(27,28)13-19(25)21-16-8-9-18-17(12-16)24(20(26)29-18)11-10-23(2)3/h8-9,12,14-15,22H,4-7,10-11,13H2,1-3H3,(H,21,25). The largest absolute Gasteiger partial charge is 0.419 e. The van der Waals surface area contributed by atoms with Crippen LogP contribution in [-0.4, -0.2) is 56.2 Å². The molecule has 1 saturated carbocycles. The average Bonchev–Trinajstić information content (AvgIpc) is 2.95. The molecule has 30 heavy (non-hydrogen) atoms. The van der Waals surface area contributed by atoms with E-state index in [1.165, 1.54) is 4.57 Å². The van der Waals surface area contributed by atoms with E-state index < -0.39 is 27.4 Å². The first-order valence-electron chi connectivity index (χ1n) is 10.2. The third-order valence-electron chi connectivity index (χ3n) is 5.41. The van der Waals surface area contributed by atoms with Crippen molar-refractivity contribution in [2.24, 2.45) is 5.92 Å². The van der Waals surface area contributed by atoms with Crippen LogP contribution in [0.3, 0.4) is 0 Å². The molecule has 9 nitrogen and oxygen atoms in total. The number of hydrogen-bond acceptors (Lipinski definition) is 6. The van der Waals surface area contributed by atoms with Gasteiger partial charge in [0.1, 0.15) is 5.75 Å². The summed E-state index contributed by atoms with van der Waals surface area (Å²) in [6, 6.07) is 4.69. The molecule has 0 aliphatic heterocycles. The Balaban J connectivity index is 1.65. The van der Waals surface area contributed by atoms with Crippen molar-refractivity contribution < 1.29 is 17.6 Å². The van der Waals surface area contributed by atoms with Gasteiger partial charge in [-0.15, -0.1) is 0 Å². The number of nitrogens with zero attached hydrogens (tertiary/aromatic N) is 2. The number of oxazole rings is 1. The van der Waals surface area contributed by atoms with Gasteiger partial charge in [-0.25, -0.2) is 17.9 Å². The summed E-state index contributed by atoms with van der Waals surface area (Å²) in [4.78, 5) is 26.4. The van der Waals surface area contributed by atoms with Crippen molar-refractivity contribution in [3.8, 4) is 0 Å². The number of aromatic nitrogens is 1. The summed E-state index contributed by atoms with van der Waals surface area (Å²) in [5.74, 6) is -1.13. The van der Waals surface area contributed by atoms with Gasteiger partial charge in [0.15, 0.2) is 5.58 Å². The van der Waals surface area contributed by atoms with Crippen molar-refractivity contribution in [2.45, 2.75) is 45.2 Å². The van der Waals surface area contributed by atoms with Gasteiger partial charge in [-0.3, -0.25) is 9.36 Å². The molecule has 0 radical (unpaired) electrons. The Morgan fingerprint density at radius 1 is 1.23 bits per heavy atom. The third kappa shape index (κ3) is 5.93. The highest BCUT2D eigenvalue weighted by molar-refractivity contribution is 7.90. The SMILES string of the molecule is CC1CCC(NS(=O)(=O)CC(=O)Nc2ccc3oc(=O)n(CCN(C)C)c3c2)CC1. The molecule has 0 atom stereocenters. The van der Waals surface area contributed by atoms with E-state index in [1.807, 2.05) is 19.0 Å². The molecule has 1 aromatic heterocycles. The predicted octanol–water partition coefficient (Wildman–Crippen LogP) is 1.59. The van der Waals surface area contributed by atoms with Gasteiger partial charge in [0.25, 0.3) is 0 Å². The highest BCUT2D eigenvalue weighted by atomic mass is 32.2. The molecule has 10 heteroatoms. The zero-order valence-electron chi connectivity index (χ0n) is 17.7. The van der Waals surface area contributed by atoms with Crippen LogP contribution in [0, 0.1) is 5.92 Å². The maximum absolute atomic E-state index is 12.4. The molecule has 1 heterocycles. The lowest BCUT2D eigenvalue weighted by molar-refractivity contribution is -0.113. The number of benzene rings is 1. The highest BCUT2D eigenvalue weighted by Gasteiger charge is 2.25. The number of anilines is 1. The number of sulfonamides is 1. The Morgan fingerprint density at radius 3 is 2.60 bits per heavy atom. The van der Waals surface area contributed by atoms with Gasteiger partial charge in [0.2, 0.25) is 15.9 Å². The predicted molar refractivity (Wildman–Crippen MR) is 116 cm³/mol. The monoisotopic (exact) mass is 438 g/mol. The number of rotatable bonds is 8. The number of fused-ring (bicyclic) bond motifs is 1. The second-order valence-corrected chi connectivity index (χ2v) is 10.1. The van der Waals surface area contributed by atoms with Crippen LogP contribution in [0.5, 0.6) is 0 Å². The van der Waals surface area contributed by atoms with Crippen molar-refractivity contribution in [1.82, 2.24) is 14.2 Å². The quantitative estimate of drug-likeness (QED) is 0.647. The minimum absolute atomic E-state index is 0.104. The number of carbonyl (C=O) groups excluding carboxylic acids is 1. The lowest BCUT2D eigenvalue weighted by Crippen LogP contribution is -2.41. The van der Waals surface area contributed by atoms with E-state index in [0.717, 1.165) is 25.7 Å². The minimum Gasteiger partial charge on any atom is -0.408 e. The summed E-state index contributed by atoms with van der Waals surface area (Å²) in [6.07, 6.45) is 3.56. The first kappa shape index (κ1) is 22.5. The molecule has 1 amide bonds. The molecule has 0 spiro atoms. The van der Waals surface area contributed by atoms with Crippen molar-refractivity contribution >= 4 is 32.7 Å². The normalized spacial score (nSPS) is 20.0. The van der Waals surface area contributed by atoms with Gasteiger partial charge in [-0.1, -0.05) is 6.92 Å². The molecule has 1 aromatic carbocycles. The molecular weight excluding hydrogens is 408 g/mol. The van der Waals surface area contributed by atoms with E-state index in [-0.39, 0.29) is 6.04 Å². The fourth-order valence-electron chi connectivity index (χ4n) is 3.69. The highest BCUT2D eigenvalue weighted by Crippen LogP contribution is 2.24. The Bertz CT molecular complexity index is 1050. The third-order valence-corrected chi connectivity index (χ3v) is 6.74. The number of hydrogen-bond donors (Lipinski definition) is 2. The number of amides is 1. The molecule has 1 aliphatic rings. The minimum atomic E-state index is -3.72. The smallest absolute Gasteiger partial charge is 0.408 e. The molecule has 3 rings (SSSR count). The van der Waals surface area contributed by atoms with E-state index in [0.29, 0.717) is 35.8 Å². The van der Waals surface area contributed by atoms with Crippen LogP contribution in [0.1, 0.15) is 32.6 Å². The van der Waals surface area contributed by atoms with E-state index >= 15 is 0 Å². The molecule has 166 valence electrons. The van der Waals surface area contributed by atoms with Crippen molar-refractivity contribution in [2.75, 3.05) is 31.7 Å². The van der Waals surface area contributed by atoms with Gasteiger partial charge in [-0.2, -0.15) is 0 Å². The van der Waals surface area contributed by atoms with Gasteiger partial charge in [0.05, 0.1) is 5.52 Å². The molecule has 2 aromatic rings. The molecule has 0 saturated heterocycles. The van der Waals surface area contributed by atoms with Crippen molar-refractivity contribution in [3.05, 3.63) is 28.7 Å². The zero-order valence-corrected chi connectivity index (χ0v) is 18.5. The molecule has 1 aliphatic carbocycles. The lowest BCUT2D eigenvalue weighted by Gasteiger charge is -2.26. The fraction of sp³-hybridized carbons (Fsp3) is 0.600. The first-order valence-corrected chi connectivity index (χ1v) is 11.9.